The van der Waals surface area contributed by atoms with Gasteiger partial charge in [0, 0.05) is 36.8 Å². The first-order valence-corrected chi connectivity index (χ1v) is 11.4. The summed E-state index contributed by atoms with van der Waals surface area (Å²) < 4.78 is 1.84. The third-order valence-electron chi connectivity index (χ3n) is 6.56. The van der Waals surface area contributed by atoms with E-state index < -0.39 is 0 Å². The number of nitrogens with zero attached hydrogens (tertiary/aromatic N) is 5. The topological polar surface area (TPSA) is 63.4 Å². The van der Waals surface area contributed by atoms with Crippen LogP contribution in [0.2, 0.25) is 0 Å². The molecule has 1 aromatic carbocycles. The summed E-state index contributed by atoms with van der Waals surface area (Å²) in [5, 5.41) is 0. The van der Waals surface area contributed by atoms with Crippen LogP contribution < -0.4 is 5.56 Å². The lowest BCUT2D eigenvalue weighted by Crippen LogP contribution is -2.27. The maximum atomic E-state index is 12.7. The molecule has 1 atom stereocenters. The molecule has 0 saturated heterocycles. The van der Waals surface area contributed by atoms with Gasteiger partial charge in [-0.2, -0.15) is 0 Å². The van der Waals surface area contributed by atoms with Crippen molar-refractivity contribution in [2.75, 3.05) is 27.2 Å². The summed E-state index contributed by atoms with van der Waals surface area (Å²) in [6.45, 7) is 4.28. The van der Waals surface area contributed by atoms with E-state index in [0.717, 1.165) is 53.2 Å². The average molecular weight is 428 g/mol. The van der Waals surface area contributed by atoms with E-state index in [-0.39, 0.29) is 5.56 Å². The zero-order valence-electron chi connectivity index (χ0n) is 19.0. The molecule has 164 valence electrons. The molecule has 3 heterocycles. The van der Waals surface area contributed by atoms with Gasteiger partial charge in [-0.15, -0.1) is 0 Å². The Hall–Kier alpha value is -3.12. The van der Waals surface area contributed by atoms with Gasteiger partial charge in [0.05, 0.1) is 28.6 Å². The first-order valence-electron chi connectivity index (χ1n) is 11.4. The van der Waals surface area contributed by atoms with Gasteiger partial charge in [0.2, 0.25) is 0 Å². The molecule has 0 amide bonds. The fraction of sp³-hybridized carbons (Fsp3) is 0.385. The lowest BCUT2D eigenvalue weighted by molar-refractivity contribution is 0.384. The van der Waals surface area contributed by atoms with Gasteiger partial charge in [0.25, 0.3) is 5.56 Å². The van der Waals surface area contributed by atoms with Crippen LogP contribution in [0.3, 0.4) is 0 Å². The number of rotatable bonds is 5. The largest absolute Gasteiger partial charge is 0.308 e. The summed E-state index contributed by atoms with van der Waals surface area (Å²) >= 11 is 0. The monoisotopic (exact) mass is 427 g/mol. The fourth-order valence-electron chi connectivity index (χ4n) is 4.93. The van der Waals surface area contributed by atoms with E-state index in [9.17, 15) is 4.79 Å². The molecule has 1 aliphatic carbocycles. The Bertz CT molecular complexity index is 1300. The molecule has 2 aromatic heterocycles. The SMILES string of the molecule is Cc1cccc(C2=NCC3CCCC3=C2c2ccc3ncc(=O)n(CCN(C)C)c3c2)n1. The van der Waals surface area contributed by atoms with Gasteiger partial charge in [0.15, 0.2) is 0 Å². The van der Waals surface area contributed by atoms with Crippen molar-refractivity contribution in [3.05, 3.63) is 75.5 Å². The third-order valence-corrected chi connectivity index (χ3v) is 6.56. The number of hydrogen-bond acceptors (Lipinski definition) is 5. The zero-order valence-corrected chi connectivity index (χ0v) is 19.0. The quantitative estimate of drug-likeness (QED) is 0.623. The molecule has 1 aliphatic heterocycles. The summed E-state index contributed by atoms with van der Waals surface area (Å²) in [6, 6.07) is 12.4. The van der Waals surface area contributed by atoms with Gasteiger partial charge < -0.3 is 9.47 Å². The van der Waals surface area contributed by atoms with Crippen molar-refractivity contribution < 1.29 is 0 Å². The highest BCUT2D eigenvalue weighted by molar-refractivity contribution is 6.32. The number of pyridine rings is 1. The lowest BCUT2D eigenvalue weighted by Gasteiger charge is -2.24. The number of aryl methyl sites for hydroxylation is 1. The predicted octanol–water partition coefficient (Wildman–Crippen LogP) is 3.72. The van der Waals surface area contributed by atoms with Gasteiger partial charge in [-0.25, -0.2) is 4.98 Å². The molecule has 0 N–H and O–H groups in total. The van der Waals surface area contributed by atoms with Gasteiger partial charge in [-0.05, 0) is 70.1 Å². The molecule has 5 rings (SSSR count). The Labute approximate surface area is 188 Å². The number of fused-ring (bicyclic) bond motifs is 2. The summed E-state index contributed by atoms with van der Waals surface area (Å²) in [7, 11) is 4.04. The highest BCUT2D eigenvalue weighted by atomic mass is 16.1. The van der Waals surface area contributed by atoms with Gasteiger partial charge in [0.1, 0.15) is 0 Å². The van der Waals surface area contributed by atoms with E-state index in [1.54, 1.807) is 0 Å². The lowest BCUT2D eigenvalue weighted by atomic mass is 9.86. The van der Waals surface area contributed by atoms with E-state index in [0.29, 0.717) is 12.5 Å². The van der Waals surface area contributed by atoms with Crippen LogP contribution in [-0.4, -0.2) is 52.3 Å². The molecule has 6 nitrogen and oxygen atoms in total. The zero-order chi connectivity index (χ0) is 22.2. The maximum absolute atomic E-state index is 12.7. The number of allylic oxidation sites excluding steroid dienone is 1. The second-order valence-electron chi connectivity index (χ2n) is 9.10. The molecule has 6 heteroatoms. The second kappa shape index (κ2) is 8.43. The molecule has 3 aromatic rings. The van der Waals surface area contributed by atoms with Crippen molar-refractivity contribution in [2.24, 2.45) is 10.9 Å². The molecule has 1 unspecified atom stereocenters. The Balaban J connectivity index is 1.68. The molecule has 32 heavy (non-hydrogen) atoms. The van der Waals surface area contributed by atoms with Crippen molar-refractivity contribution >= 4 is 22.3 Å². The molecule has 1 saturated carbocycles. The van der Waals surface area contributed by atoms with Crippen LogP contribution in [0.15, 0.2) is 58.0 Å². The van der Waals surface area contributed by atoms with Crippen LogP contribution in [0.1, 0.15) is 36.2 Å². The molecule has 1 fully saturated rings. The molecule has 2 aliphatic rings. The number of hydrogen-bond donors (Lipinski definition) is 0. The Kier molecular flexibility index (Phi) is 5.47. The number of dihydropyridines is 1. The predicted molar refractivity (Wildman–Crippen MR) is 129 cm³/mol. The number of aliphatic imine (C=N–C) groups is 1. The van der Waals surface area contributed by atoms with E-state index in [4.69, 9.17) is 9.98 Å². The minimum Gasteiger partial charge on any atom is -0.308 e. The van der Waals surface area contributed by atoms with E-state index in [1.165, 1.54) is 30.2 Å². The molecular weight excluding hydrogens is 398 g/mol. The molecule has 0 spiro atoms. The smallest absolute Gasteiger partial charge is 0.269 e. The number of aromatic nitrogens is 3. The minimum absolute atomic E-state index is 0.0641. The van der Waals surface area contributed by atoms with E-state index >= 15 is 0 Å². The normalized spacial score (nSPS) is 18.4. The number of likely N-dealkylation sites (N-methyl/N-ethyl adjacent to an activating group) is 1. The van der Waals surface area contributed by atoms with Gasteiger partial charge in [-0.3, -0.25) is 14.8 Å². The van der Waals surface area contributed by atoms with Crippen molar-refractivity contribution in [1.82, 2.24) is 19.4 Å². The fourth-order valence-corrected chi connectivity index (χ4v) is 4.93. The van der Waals surface area contributed by atoms with Crippen LogP contribution >= 0.6 is 0 Å². The first-order chi connectivity index (χ1) is 15.5. The highest BCUT2D eigenvalue weighted by Gasteiger charge is 2.31. The van der Waals surface area contributed by atoms with Crippen molar-refractivity contribution in [2.45, 2.75) is 32.7 Å². The van der Waals surface area contributed by atoms with Crippen LogP contribution in [0.4, 0.5) is 0 Å². The third kappa shape index (κ3) is 3.79. The highest BCUT2D eigenvalue weighted by Crippen LogP contribution is 2.41. The van der Waals surface area contributed by atoms with Gasteiger partial charge >= 0.3 is 0 Å². The maximum Gasteiger partial charge on any atom is 0.269 e. The summed E-state index contributed by atoms with van der Waals surface area (Å²) in [4.78, 5) is 29.0. The number of benzene rings is 1. The Morgan fingerprint density at radius 1 is 1.19 bits per heavy atom. The van der Waals surface area contributed by atoms with E-state index in [1.807, 2.05) is 43.8 Å². The minimum atomic E-state index is -0.0641. The summed E-state index contributed by atoms with van der Waals surface area (Å²) in [5.74, 6) is 0.513. The summed E-state index contributed by atoms with van der Waals surface area (Å²) in [5.41, 5.74) is 8.34. The van der Waals surface area contributed by atoms with Crippen molar-refractivity contribution in [3.8, 4) is 0 Å². The first kappa shape index (κ1) is 20.8. The molecule has 0 bridgehead atoms. The van der Waals surface area contributed by atoms with Crippen molar-refractivity contribution in [3.63, 3.8) is 0 Å². The van der Waals surface area contributed by atoms with Crippen LogP contribution in [-0.2, 0) is 6.54 Å². The average Bonchev–Trinajstić information content (AvgIpc) is 3.26. The van der Waals surface area contributed by atoms with Crippen molar-refractivity contribution in [1.29, 1.82) is 0 Å². The molecular formula is C26H29N5O. The molecule has 0 radical (unpaired) electrons. The van der Waals surface area contributed by atoms with E-state index in [2.05, 4.69) is 28.1 Å². The Morgan fingerprint density at radius 3 is 2.88 bits per heavy atom. The van der Waals surface area contributed by atoms with Crippen LogP contribution in [0.25, 0.3) is 16.6 Å². The van der Waals surface area contributed by atoms with Crippen LogP contribution in [0.5, 0.6) is 0 Å². The second-order valence-corrected chi connectivity index (χ2v) is 9.10. The van der Waals surface area contributed by atoms with Crippen LogP contribution in [0, 0.1) is 12.8 Å². The summed E-state index contributed by atoms with van der Waals surface area (Å²) in [6.07, 6.45) is 4.93. The Morgan fingerprint density at radius 2 is 2.06 bits per heavy atom. The standard InChI is InChI=1S/C26H29N5O/c1-17-6-4-9-22(29-17)26-25(20-8-5-7-19(20)15-28-26)18-10-11-21-23(14-18)31(13-12-30(2)3)24(32)16-27-21/h4,6,9-11,14,16,19H,5,7-8,12-13,15H2,1-3H3. The van der Waals surface area contributed by atoms with Gasteiger partial charge in [-0.1, -0.05) is 17.7 Å².